The predicted molar refractivity (Wildman–Crippen MR) is 118 cm³/mol. The third-order valence-corrected chi connectivity index (χ3v) is 7.31. The minimum absolute atomic E-state index is 0.00817. The first-order chi connectivity index (χ1) is 15.2. The molecule has 8 heteroatoms. The van der Waals surface area contributed by atoms with Crippen molar-refractivity contribution < 1.29 is 29.0 Å². The number of likely N-dealkylation sites (tertiary alicyclic amines) is 1. The number of hydrogen-bond donors (Lipinski definition) is 1. The Balaban J connectivity index is 2.05. The maximum Gasteiger partial charge on any atom is 0.312 e. The molecule has 3 fully saturated rings. The predicted octanol–water partition coefficient (Wildman–Crippen LogP) is 1.68. The van der Waals surface area contributed by atoms with Crippen molar-refractivity contribution in [1.82, 2.24) is 9.80 Å². The summed E-state index contributed by atoms with van der Waals surface area (Å²) in [5.41, 5.74) is -1.92. The van der Waals surface area contributed by atoms with Crippen LogP contribution in [0.1, 0.15) is 46.5 Å². The van der Waals surface area contributed by atoms with E-state index in [1.807, 2.05) is 20.8 Å². The van der Waals surface area contributed by atoms with Crippen LogP contribution in [-0.4, -0.2) is 82.3 Å². The molecule has 0 saturated carbocycles. The Labute approximate surface area is 190 Å². The molecule has 0 aromatic rings. The molecule has 3 saturated heterocycles. The van der Waals surface area contributed by atoms with E-state index in [1.165, 1.54) is 4.90 Å². The maximum absolute atomic E-state index is 13.8. The van der Waals surface area contributed by atoms with Crippen LogP contribution < -0.4 is 0 Å². The number of fused-ring (bicyclic) bond motifs is 1. The number of nitrogens with zero attached hydrogens (tertiary/aromatic N) is 2. The number of carbonyl (C=O) groups is 3. The maximum atomic E-state index is 13.8. The summed E-state index contributed by atoms with van der Waals surface area (Å²) >= 11 is 0. The van der Waals surface area contributed by atoms with Crippen LogP contribution in [0.3, 0.4) is 0 Å². The van der Waals surface area contributed by atoms with Crippen molar-refractivity contribution in [1.29, 1.82) is 0 Å². The molecule has 3 heterocycles. The first kappa shape index (κ1) is 24.5. The van der Waals surface area contributed by atoms with E-state index in [9.17, 15) is 19.5 Å². The quantitative estimate of drug-likeness (QED) is 0.293. The van der Waals surface area contributed by atoms with Gasteiger partial charge in [-0.25, -0.2) is 0 Å². The minimum atomic E-state index is -1.10. The smallest absolute Gasteiger partial charge is 0.312 e. The Morgan fingerprint density at radius 1 is 1.34 bits per heavy atom. The first-order valence-electron chi connectivity index (χ1n) is 11.5. The fourth-order valence-corrected chi connectivity index (χ4v) is 5.89. The Kier molecular flexibility index (Phi) is 7.15. The van der Waals surface area contributed by atoms with E-state index in [-0.39, 0.29) is 37.6 Å². The molecule has 178 valence electrons. The van der Waals surface area contributed by atoms with Crippen molar-refractivity contribution in [2.24, 2.45) is 11.8 Å². The average molecular weight is 449 g/mol. The number of rotatable bonds is 11. The number of hydrogen-bond acceptors (Lipinski definition) is 6. The Bertz CT molecular complexity index is 782. The summed E-state index contributed by atoms with van der Waals surface area (Å²) in [6, 6.07) is -1.01. The number of aliphatic hydroxyl groups is 1. The molecular weight excluding hydrogens is 412 g/mol. The van der Waals surface area contributed by atoms with Crippen molar-refractivity contribution in [3.8, 4) is 0 Å². The second-order valence-corrected chi connectivity index (χ2v) is 9.21. The van der Waals surface area contributed by atoms with E-state index >= 15 is 0 Å². The molecule has 2 bridgehead atoms. The van der Waals surface area contributed by atoms with Crippen LogP contribution in [0, 0.1) is 11.8 Å². The highest BCUT2D eigenvalue weighted by Gasteiger charge is 2.79. The lowest BCUT2D eigenvalue weighted by molar-refractivity contribution is -0.162. The zero-order chi connectivity index (χ0) is 23.7. The number of esters is 1. The van der Waals surface area contributed by atoms with Crippen molar-refractivity contribution in [2.45, 2.75) is 69.7 Å². The Morgan fingerprint density at radius 3 is 2.62 bits per heavy atom. The second-order valence-electron chi connectivity index (χ2n) is 9.21. The molecule has 1 spiro atoms. The molecule has 3 aliphatic heterocycles. The summed E-state index contributed by atoms with van der Waals surface area (Å²) in [5.74, 6) is -2.59. The zero-order valence-electron chi connectivity index (χ0n) is 19.4. The van der Waals surface area contributed by atoms with E-state index in [1.54, 1.807) is 17.1 Å². The topological polar surface area (TPSA) is 96.4 Å². The Hall–Kier alpha value is -2.19. The van der Waals surface area contributed by atoms with Gasteiger partial charge in [0, 0.05) is 19.1 Å². The molecule has 32 heavy (non-hydrogen) atoms. The van der Waals surface area contributed by atoms with E-state index in [2.05, 4.69) is 13.2 Å². The molecule has 1 N–H and O–H groups in total. The SMILES string of the molecule is C=CCCOC(=O)[C@H]1[C@H]2C(=O)N(CCO)C(C(=O)N(CC=C)C(C)C)C23CC[C@]1(CC)O3. The molecule has 0 aliphatic carbocycles. The summed E-state index contributed by atoms with van der Waals surface area (Å²) in [4.78, 5) is 43.7. The van der Waals surface area contributed by atoms with E-state index in [4.69, 9.17) is 9.47 Å². The van der Waals surface area contributed by atoms with Gasteiger partial charge in [-0.2, -0.15) is 0 Å². The standard InChI is InChI=1S/C24H36N2O6/c1-6-9-15-31-22(30)18-17-20(28)26(13-14-27)19(21(29)25(12-7-2)16(4)5)24(17)11-10-23(18,8-3)32-24/h6-7,16-19,27H,1-2,8-15H2,3-5H3/t17-,18+,19?,23-,24?/m0/s1. The lowest BCUT2D eigenvalue weighted by Crippen LogP contribution is -2.57. The summed E-state index contributed by atoms with van der Waals surface area (Å²) < 4.78 is 12.1. The van der Waals surface area contributed by atoms with Crippen LogP contribution in [0.2, 0.25) is 0 Å². The summed E-state index contributed by atoms with van der Waals surface area (Å²) in [6.07, 6.45) is 5.47. The zero-order valence-corrected chi connectivity index (χ0v) is 19.4. The van der Waals surface area contributed by atoms with Crippen LogP contribution in [0.5, 0.6) is 0 Å². The number of carbonyl (C=O) groups excluding carboxylic acids is 3. The van der Waals surface area contributed by atoms with Gasteiger partial charge in [0.2, 0.25) is 11.8 Å². The largest absolute Gasteiger partial charge is 0.465 e. The third-order valence-electron chi connectivity index (χ3n) is 7.31. The summed E-state index contributed by atoms with van der Waals surface area (Å²) in [7, 11) is 0. The third kappa shape index (κ3) is 3.57. The molecule has 3 rings (SSSR count). The van der Waals surface area contributed by atoms with Crippen molar-refractivity contribution in [3.05, 3.63) is 25.3 Å². The highest BCUT2D eigenvalue weighted by Crippen LogP contribution is 2.64. The Morgan fingerprint density at radius 2 is 2.06 bits per heavy atom. The summed E-state index contributed by atoms with van der Waals surface area (Å²) in [6.45, 7) is 13.4. The molecule has 8 nitrogen and oxygen atoms in total. The van der Waals surface area contributed by atoms with Crippen LogP contribution >= 0.6 is 0 Å². The van der Waals surface area contributed by atoms with Crippen LogP contribution in [0.25, 0.3) is 0 Å². The van der Waals surface area contributed by atoms with Crippen molar-refractivity contribution >= 4 is 17.8 Å². The van der Waals surface area contributed by atoms with Gasteiger partial charge in [-0.05, 0) is 39.5 Å². The molecule has 2 unspecified atom stereocenters. The van der Waals surface area contributed by atoms with Gasteiger partial charge in [0.1, 0.15) is 17.6 Å². The average Bonchev–Trinajstić information content (AvgIpc) is 3.36. The summed E-state index contributed by atoms with van der Waals surface area (Å²) in [5, 5.41) is 9.66. The van der Waals surface area contributed by atoms with Gasteiger partial charge in [-0.15, -0.1) is 13.2 Å². The number of ether oxygens (including phenoxy) is 2. The lowest BCUT2D eigenvalue weighted by atomic mass is 9.65. The monoisotopic (exact) mass is 448 g/mol. The second kappa shape index (κ2) is 9.35. The molecule has 0 aromatic carbocycles. The van der Waals surface area contributed by atoms with Crippen molar-refractivity contribution in [3.63, 3.8) is 0 Å². The fraction of sp³-hybridized carbons (Fsp3) is 0.708. The first-order valence-corrected chi connectivity index (χ1v) is 11.5. The van der Waals surface area contributed by atoms with Crippen LogP contribution in [0.15, 0.2) is 25.3 Å². The molecular formula is C24H36N2O6. The van der Waals surface area contributed by atoms with Crippen LogP contribution in [-0.2, 0) is 23.9 Å². The molecule has 3 aliphatic rings. The number of aliphatic hydroxyl groups excluding tert-OH is 1. The van der Waals surface area contributed by atoms with E-state index in [0.29, 0.717) is 32.2 Å². The molecule has 2 amide bonds. The molecule has 0 radical (unpaired) electrons. The van der Waals surface area contributed by atoms with Gasteiger partial charge in [0.25, 0.3) is 0 Å². The highest BCUT2D eigenvalue weighted by molar-refractivity contribution is 5.98. The number of β-amino-alcohol motifs (C(OH)–C–C–N with tert-alkyl or cyclic N) is 1. The fourth-order valence-electron chi connectivity index (χ4n) is 5.89. The van der Waals surface area contributed by atoms with Gasteiger partial charge in [-0.3, -0.25) is 14.4 Å². The van der Waals surface area contributed by atoms with Crippen LogP contribution in [0.4, 0.5) is 0 Å². The molecule has 0 aromatic heterocycles. The van der Waals surface area contributed by atoms with E-state index < -0.39 is 35.0 Å². The van der Waals surface area contributed by atoms with Gasteiger partial charge in [-0.1, -0.05) is 19.1 Å². The lowest BCUT2D eigenvalue weighted by Gasteiger charge is -2.38. The van der Waals surface area contributed by atoms with Gasteiger partial charge < -0.3 is 24.4 Å². The minimum Gasteiger partial charge on any atom is -0.465 e. The highest BCUT2D eigenvalue weighted by atomic mass is 16.6. The van der Waals surface area contributed by atoms with Crippen molar-refractivity contribution in [2.75, 3.05) is 26.3 Å². The number of amides is 2. The normalized spacial score (nSPS) is 32.8. The van der Waals surface area contributed by atoms with E-state index in [0.717, 1.165) is 0 Å². The molecule has 5 atom stereocenters. The van der Waals surface area contributed by atoms with Gasteiger partial charge in [0.05, 0.1) is 24.7 Å². The van der Waals surface area contributed by atoms with Gasteiger partial charge >= 0.3 is 5.97 Å². The van der Waals surface area contributed by atoms with Gasteiger partial charge in [0.15, 0.2) is 0 Å².